The molecule has 3 rings (SSSR count). The highest BCUT2D eigenvalue weighted by Gasteiger charge is 2.21. The minimum absolute atomic E-state index is 0.120. The molecule has 19 heavy (non-hydrogen) atoms. The normalized spacial score (nSPS) is 23.5. The van der Waals surface area contributed by atoms with Gasteiger partial charge in [-0.25, -0.2) is 0 Å². The number of fused-ring (bicyclic) bond motifs is 1. The molecule has 0 saturated heterocycles. The topological polar surface area (TPSA) is 29.5 Å². The van der Waals surface area contributed by atoms with Crippen LogP contribution in [0.25, 0.3) is 10.8 Å². The Bertz CT molecular complexity index is 576. The van der Waals surface area contributed by atoms with E-state index in [1.807, 2.05) is 6.07 Å². The summed E-state index contributed by atoms with van der Waals surface area (Å²) < 4.78 is 5.25. The van der Waals surface area contributed by atoms with Crippen LogP contribution in [0, 0.1) is 0 Å². The van der Waals surface area contributed by atoms with Gasteiger partial charge < -0.3 is 9.84 Å². The first-order chi connectivity index (χ1) is 9.26. The van der Waals surface area contributed by atoms with E-state index >= 15 is 0 Å². The number of aliphatic hydroxyl groups excluding tert-OH is 1. The summed E-state index contributed by atoms with van der Waals surface area (Å²) in [6.07, 6.45) is 4.07. The van der Waals surface area contributed by atoms with Crippen molar-refractivity contribution in [3.05, 3.63) is 42.0 Å². The van der Waals surface area contributed by atoms with Crippen LogP contribution in [0.1, 0.15) is 37.2 Å². The fourth-order valence-electron chi connectivity index (χ4n) is 3.09. The fourth-order valence-corrected chi connectivity index (χ4v) is 3.09. The molecular weight excluding hydrogens is 236 g/mol. The smallest absolute Gasteiger partial charge is 0.119 e. The Morgan fingerprint density at radius 3 is 2.63 bits per heavy atom. The molecule has 1 fully saturated rings. The third kappa shape index (κ3) is 2.59. The Labute approximate surface area is 114 Å². The van der Waals surface area contributed by atoms with Gasteiger partial charge in [-0.15, -0.1) is 0 Å². The van der Waals surface area contributed by atoms with Gasteiger partial charge in [0.05, 0.1) is 13.2 Å². The van der Waals surface area contributed by atoms with E-state index in [2.05, 4.69) is 30.3 Å². The molecule has 2 unspecified atom stereocenters. The highest BCUT2D eigenvalue weighted by molar-refractivity contribution is 5.84. The van der Waals surface area contributed by atoms with Crippen molar-refractivity contribution in [2.45, 2.75) is 37.7 Å². The molecule has 0 amide bonds. The molecule has 1 saturated carbocycles. The van der Waals surface area contributed by atoms with E-state index < -0.39 is 0 Å². The molecule has 2 heteroatoms. The first kappa shape index (κ1) is 12.5. The molecule has 0 heterocycles. The predicted octanol–water partition coefficient (Wildman–Crippen LogP) is 3.87. The molecule has 0 radical (unpaired) electrons. The molecule has 0 spiro atoms. The van der Waals surface area contributed by atoms with Crippen LogP contribution in [-0.2, 0) is 0 Å². The van der Waals surface area contributed by atoms with Crippen molar-refractivity contribution in [1.82, 2.24) is 0 Å². The summed E-state index contributed by atoms with van der Waals surface area (Å²) in [4.78, 5) is 0. The van der Waals surface area contributed by atoms with Crippen LogP contribution in [-0.4, -0.2) is 18.3 Å². The van der Waals surface area contributed by atoms with E-state index in [1.165, 1.54) is 22.8 Å². The molecule has 1 N–H and O–H groups in total. The van der Waals surface area contributed by atoms with Crippen molar-refractivity contribution in [2.24, 2.45) is 0 Å². The standard InChI is InChI=1S/C17H20O2/c1-19-17-8-7-14-9-13(5-6-15(14)11-17)12-3-2-4-16(18)10-12/h5-9,11-12,16,18H,2-4,10H2,1H3. The van der Waals surface area contributed by atoms with Gasteiger partial charge in [-0.05, 0) is 53.6 Å². The Morgan fingerprint density at radius 2 is 1.84 bits per heavy atom. The Morgan fingerprint density at radius 1 is 1.05 bits per heavy atom. The highest BCUT2D eigenvalue weighted by atomic mass is 16.5. The third-order valence-electron chi connectivity index (χ3n) is 4.19. The number of aliphatic hydroxyl groups is 1. The van der Waals surface area contributed by atoms with E-state index in [9.17, 15) is 5.11 Å². The van der Waals surface area contributed by atoms with Crippen LogP contribution in [0.3, 0.4) is 0 Å². The summed E-state index contributed by atoms with van der Waals surface area (Å²) in [6.45, 7) is 0. The zero-order valence-electron chi connectivity index (χ0n) is 11.3. The maximum Gasteiger partial charge on any atom is 0.119 e. The first-order valence-electron chi connectivity index (χ1n) is 7.02. The van der Waals surface area contributed by atoms with Gasteiger partial charge in [0, 0.05) is 0 Å². The van der Waals surface area contributed by atoms with Crippen molar-refractivity contribution in [1.29, 1.82) is 0 Å². The quantitative estimate of drug-likeness (QED) is 0.884. The SMILES string of the molecule is COc1ccc2cc(C3CCCC(O)C3)ccc2c1. The molecule has 1 aliphatic carbocycles. The predicted molar refractivity (Wildman–Crippen MR) is 77.7 cm³/mol. The number of methoxy groups -OCH3 is 1. The molecule has 1 aliphatic rings. The summed E-state index contributed by atoms with van der Waals surface area (Å²) in [7, 11) is 1.69. The molecule has 0 aliphatic heterocycles. The summed E-state index contributed by atoms with van der Waals surface area (Å²) >= 11 is 0. The number of hydrogen-bond donors (Lipinski definition) is 1. The Balaban J connectivity index is 1.93. The molecule has 2 nitrogen and oxygen atoms in total. The molecule has 2 atom stereocenters. The monoisotopic (exact) mass is 256 g/mol. The molecule has 100 valence electrons. The Kier molecular flexibility index (Phi) is 3.43. The average Bonchev–Trinajstić information content (AvgIpc) is 2.46. The summed E-state index contributed by atoms with van der Waals surface area (Å²) in [5, 5.41) is 12.3. The van der Waals surface area contributed by atoms with Crippen molar-refractivity contribution >= 4 is 10.8 Å². The van der Waals surface area contributed by atoms with Gasteiger partial charge in [-0.1, -0.05) is 30.7 Å². The second-order valence-corrected chi connectivity index (χ2v) is 5.49. The van der Waals surface area contributed by atoms with E-state index in [0.717, 1.165) is 25.0 Å². The molecule has 0 bridgehead atoms. The number of rotatable bonds is 2. The molecule has 2 aromatic carbocycles. The zero-order valence-corrected chi connectivity index (χ0v) is 11.3. The largest absolute Gasteiger partial charge is 0.497 e. The second-order valence-electron chi connectivity index (χ2n) is 5.49. The van der Waals surface area contributed by atoms with Gasteiger partial charge >= 0.3 is 0 Å². The molecular formula is C17H20O2. The van der Waals surface area contributed by atoms with Crippen LogP contribution < -0.4 is 4.74 Å². The fraction of sp³-hybridized carbons (Fsp3) is 0.412. The highest BCUT2D eigenvalue weighted by Crippen LogP contribution is 2.34. The van der Waals surface area contributed by atoms with Gasteiger partial charge in [0.2, 0.25) is 0 Å². The first-order valence-corrected chi connectivity index (χ1v) is 7.02. The van der Waals surface area contributed by atoms with Crippen LogP contribution in [0.5, 0.6) is 5.75 Å². The van der Waals surface area contributed by atoms with Crippen LogP contribution in [0.2, 0.25) is 0 Å². The third-order valence-corrected chi connectivity index (χ3v) is 4.19. The van der Waals surface area contributed by atoms with Crippen molar-refractivity contribution in [2.75, 3.05) is 7.11 Å². The van der Waals surface area contributed by atoms with Crippen molar-refractivity contribution in [3.63, 3.8) is 0 Å². The van der Waals surface area contributed by atoms with Gasteiger partial charge in [0.15, 0.2) is 0 Å². The van der Waals surface area contributed by atoms with E-state index in [4.69, 9.17) is 4.74 Å². The zero-order chi connectivity index (χ0) is 13.2. The Hall–Kier alpha value is -1.54. The second kappa shape index (κ2) is 5.22. The lowest BCUT2D eigenvalue weighted by atomic mass is 9.82. The summed E-state index contributed by atoms with van der Waals surface area (Å²) in [6, 6.07) is 12.8. The number of ether oxygens (including phenoxy) is 1. The van der Waals surface area contributed by atoms with Gasteiger partial charge in [0.1, 0.15) is 5.75 Å². The van der Waals surface area contributed by atoms with E-state index in [0.29, 0.717) is 5.92 Å². The maximum absolute atomic E-state index is 9.81. The van der Waals surface area contributed by atoms with E-state index in [-0.39, 0.29) is 6.10 Å². The summed E-state index contributed by atoms with van der Waals surface area (Å²) in [5.41, 5.74) is 1.36. The number of hydrogen-bond acceptors (Lipinski definition) is 2. The van der Waals surface area contributed by atoms with Crippen LogP contribution in [0.15, 0.2) is 36.4 Å². The lowest BCUT2D eigenvalue weighted by Crippen LogP contribution is -2.18. The van der Waals surface area contributed by atoms with Gasteiger partial charge in [-0.2, -0.15) is 0 Å². The molecule has 0 aromatic heterocycles. The minimum atomic E-state index is -0.120. The summed E-state index contributed by atoms with van der Waals surface area (Å²) in [5.74, 6) is 1.41. The number of benzene rings is 2. The minimum Gasteiger partial charge on any atom is -0.497 e. The van der Waals surface area contributed by atoms with Gasteiger partial charge in [-0.3, -0.25) is 0 Å². The lowest BCUT2D eigenvalue weighted by molar-refractivity contribution is 0.119. The van der Waals surface area contributed by atoms with E-state index in [1.54, 1.807) is 7.11 Å². The van der Waals surface area contributed by atoms with Crippen LogP contribution in [0.4, 0.5) is 0 Å². The van der Waals surface area contributed by atoms with Crippen molar-refractivity contribution < 1.29 is 9.84 Å². The van der Waals surface area contributed by atoms with Crippen molar-refractivity contribution in [3.8, 4) is 5.75 Å². The average molecular weight is 256 g/mol. The maximum atomic E-state index is 9.81. The lowest BCUT2D eigenvalue weighted by Gasteiger charge is -2.26. The molecule has 2 aromatic rings. The van der Waals surface area contributed by atoms with Crippen LogP contribution >= 0.6 is 0 Å². The van der Waals surface area contributed by atoms with Gasteiger partial charge in [0.25, 0.3) is 0 Å².